The minimum atomic E-state index is -0.352. The number of hydrogen-bond acceptors (Lipinski definition) is 4. The maximum atomic E-state index is 13.0. The van der Waals surface area contributed by atoms with E-state index in [1.165, 1.54) is 36.0 Å². The van der Waals surface area contributed by atoms with Crippen LogP contribution in [0, 0.1) is 5.82 Å². The van der Waals surface area contributed by atoms with Gasteiger partial charge in [0.05, 0.1) is 12.4 Å². The van der Waals surface area contributed by atoms with Gasteiger partial charge in [0.25, 0.3) is 5.91 Å². The Bertz CT molecular complexity index is 1010. The molecule has 0 heterocycles. The quantitative estimate of drug-likeness (QED) is 0.511. The number of thioether (sulfide) groups is 1. The van der Waals surface area contributed by atoms with E-state index >= 15 is 0 Å². The average Bonchev–Trinajstić information content (AvgIpc) is 2.76. The van der Waals surface area contributed by atoms with Crippen LogP contribution >= 0.6 is 11.8 Å². The van der Waals surface area contributed by atoms with E-state index < -0.39 is 0 Å². The van der Waals surface area contributed by atoms with Crippen LogP contribution in [-0.2, 0) is 4.79 Å². The summed E-state index contributed by atoms with van der Waals surface area (Å²) in [4.78, 5) is 25.5. The zero-order valence-corrected chi connectivity index (χ0v) is 17.3. The number of rotatable bonds is 7. The molecule has 0 aromatic heterocycles. The first-order valence-corrected chi connectivity index (χ1v) is 10.1. The van der Waals surface area contributed by atoms with Crippen molar-refractivity contribution in [1.82, 2.24) is 0 Å². The predicted octanol–water partition coefficient (Wildman–Crippen LogP) is 5.21. The molecule has 0 aliphatic heterocycles. The molecule has 0 aliphatic rings. The van der Waals surface area contributed by atoms with Crippen molar-refractivity contribution < 1.29 is 18.7 Å². The van der Waals surface area contributed by atoms with Crippen LogP contribution in [0.5, 0.6) is 5.75 Å². The van der Waals surface area contributed by atoms with Crippen molar-refractivity contribution >= 4 is 35.0 Å². The Kier molecular flexibility index (Phi) is 7.08. The molecule has 0 radical (unpaired) electrons. The Morgan fingerprint density at radius 2 is 1.43 bits per heavy atom. The van der Waals surface area contributed by atoms with Crippen molar-refractivity contribution in [2.75, 3.05) is 17.7 Å². The molecule has 7 heteroatoms. The van der Waals surface area contributed by atoms with Crippen LogP contribution in [0.25, 0.3) is 0 Å². The fraction of sp³-hybridized carbons (Fsp3) is 0.130. The first-order chi connectivity index (χ1) is 14.4. The molecule has 1 unspecified atom stereocenters. The van der Waals surface area contributed by atoms with Gasteiger partial charge in [0.15, 0.2) is 0 Å². The molecular weight excluding hydrogens is 403 g/mol. The van der Waals surface area contributed by atoms with Crippen molar-refractivity contribution in [1.29, 1.82) is 0 Å². The lowest BCUT2D eigenvalue weighted by atomic mass is 10.2. The van der Waals surface area contributed by atoms with Gasteiger partial charge in [-0.2, -0.15) is 0 Å². The summed E-state index contributed by atoms with van der Waals surface area (Å²) in [5, 5.41) is 5.25. The van der Waals surface area contributed by atoms with Crippen molar-refractivity contribution in [3.8, 4) is 5.75 Å². The predicted molar refractivity (Wildman–Crippen MR) is 118 cm³/mol. The van der Waals surface area contributed by atoms with E-state index in [1.54, 1.807) is 50.4 Å². The van der Waals surface area contributed by atoms with Crippen molar-refractivity contribution in [3.63, 3.8) is 0 Å². The zero-order chi connectivity index (χ0) is 21.5. The van der Waals surface area contributed by atoms with E-state index in [9.17, 15) is 14.0 Å². The van der Waals surface area contributed by atoms with Gasteiger partial charge in [0.2, 0.25) is 5.91 Å². The highest BCUT2D eigenvalue weighted by atomic mass is 32.2. The van der Waals surface area contributed by atoms with Crippen LogP contribution in [0.4, 0.5) is 15.8 Å². The SMILES string of the molecule is COc1ccc(C(=O)Nc2ccc(SC(C)C(=O)Nc3ccc(F)cc3)cc2)cc1. The molecule has 1 atom stereocenters. The summed E-state index contributed by atoms with van der Waals surface area (Å²) in [5.41, 5.74) is 1.73. The zero-order valence-electron chi connectivity index (χ0n) is 16.5. The summed E-state index contributed by atoms with van der Waals surface area (Å²) in [6, 6.07) is 19.7. The number of ether oxygens (including phenoxy) is 1. The standard InChI is InChI=1S/C23H21FN2O3S/c1-15(22(27)25-18-7-5-17(24)6-8-18)30-21-13-9-19(10-14-21)26-23(28)16-3-11-20(29-2)12-4-16/h3-15H,1-2H3,(H,25,27)(H,26,28). The Balaban J connectivity index is 1.54. The fourth-order valence-electron chi connectivity index (χ4n) is 2.60. The highest BCUT2D eigenvalue weighted by Gasteiger charge is 2.15. The molecule has 0 bridgehead atoms. The third kappa shape index (κ3) is 5.84. The number of hydrogen-bond donors (Lipinski definition) is 2. The second kappa shape index (κ2) is 9.93. The lowest BCUT2D eigenvalue weighted by Gasteiger charge is -2.12. The minimum Gasteiger partial charge on any atom is -0.497 e. The largest absolute Gasteiger partial charge is 0.497 e. The number of amides is 2. The van der Waals surface area contributed by atoms with Crippen LogP contribution in [0.15, 0.2) is 77.7 Å². The van der Waals surface area contributed by atoms with Crippen LogP contribution < -0.4 is 15.4 Å². The molecule has 0 saturated heterocycles. The van der Waals surface area contributed by atoms with Crippen LogP contribution in [0.2, 0.25) is 0 Å². The van der Waals surface area contributed by atoms with Crippen LogP contribution in [0.1, 0.15) is 17.3 Å². The van der Waals surface area contributed by atoms with Crippen LogP contribution in [0.3, 0.4) is 0 Å². The molecule has 3 aromatic rings. The Morgan fingerprint density at radius 3 is 2.03 bits per heavy atom. The van der Waals surface area contributed by atoms with E-state index in [2.05, 4.69) is 10.6 Å². The number of carbonyl (C=O) groups excluding carboxylic acids is 2. The third-order valence-electron chi connectivity index (χ3n) is 4.26. The van der Waals surface area contributed by atoms with Gasteiger partial charge in [-0.1, -0.05) is 0 Å². The van der Waals surface area contributed by atoms with Gasteiger partial charge in [-0.05, 0) is 79.7 Å². The van der Waals surface area contributed by atoms with Gasteiger partial charge in [-0.3, -0.25) is 9.59 Å². The smallest absolute Gasteiger partial charge is 0.255 e. The monoisotopic (exact) mass is 424 g/mol. The number of anilines is 2. The molecule has 30 heavy (non-hydrogen) atoms. The summed E-state index contributed by atoms with van der Waals surface area (Å²) in [7, 11) is 1.57. The summed E-state index contributed by atoms with van der Waals surface area (Å²) in [6.45, 7) is 1.79. The lowest BCUT2D eigenvalue weighted by molar-refractivity contribution is -0.115. The number of carbonyl (C=O) groups is 2. The molecule has 154 valence electrons. The third-order valence-corrected chi connectivity index (χ3v) is 5.37. The van der Waals surface area contributed by atoms with Crippen molar-refractivity contribution in [2.45, 2.75) is 17.1 Å². The molecule has 0 aliphatic carbocycles. The van der Waals surface area contributed by atoms with Crippen molar-refractivity contribution in [3.05, 3.63) is 84.2 Å². The molecule has 3 aromatic carbocycles. The number of methoxy groups -OCH3 is 1. The first-order valence-electron chi connectivity index (χ1n) is 9.23. The highest BCUT2D eigenvalue weighted by Crippen LogP contribution is 2.26. The Labute approximate surface area is 178 Å². The summed E-state index contributed by atoms with van der Waals surface area (Å²) >= 11 is 1.39. The normalized spacial score (nSPS) is 11.4. The maximum Gasteiger partial charge on any atom is 0.255 e. The van der Waals surface area contributed by atoms with Gasteiger partial charge in [-0.25, -0.2) is 4.39 Å². The molecular formula is C23H21FN2O3S. The Morgan fingerprint density at radius 1 is 0.867 bits per heavy atom. The maximum absolute atomic E-state index is 13.0. The van der Waals surface area contributed by atoms with E-state index in [0.29, 0.717) is 22.7 Å². The lowest BCUT2D eigenvalue weighted by Crippen LogP contribution is -2.22. The summed E-state index contributed by atoms with van der Waals surface area (Å²) in [6.07, 6.45) is 0. The number of nitrogens with one attached hydrogen (secondary N) is 2. The number of benzene rings is 3. The van der Waals surface area contributed by atoms with Gasteiger partial charge in [0, 0.05) is 21.8 Å². The second-order valence-corrected chi connectivity index (χ2v) is 7.88. The van der Waals surface area contributed by atoms with Gasteiger partial charge in [-0.15, -0.1) is 11.8 Å². The molecule has 0 spiro atoms. The summed E-state index contributed by atoms with van der Waals surface area (Å²) < 4.78 is 18.1. The van der Waals surface area contributed by atoms with Crippen LogP contribution in [-0.4, -0.2) is 24.2 Å². The molecule has 3 rings (SSSR count). The topological polar surface area (TPSA) is 67.4 Å². The number of halogens is 1. The van der Waals surface area contributed by atoms with Gasteiger partial charge in [0.1, 0.15) is 11.6 Å². The average molecular weight is 424 g/mol. The summed E-state index contributed by atoms with van der Waals surface area (Å²) in [5.74, 6) is -0.0614. The molecule has 0 fully saturated rings. The molecule has 0 saturated carbocycles. The van der Waals surface area contributed by atoms with Crippen molar-refractivity contribution in [2.24, 2.45) is 0 Å². The van der Waals surface area contributed by atoms with E-state index in [1.807, 2.05) is 12.1 Å². The molecule has 2 amide bonds. The Hall–Kier alpha value is -3.32. The van der Waals surface area contributed by atoms with E-state index in [0.717, 1.165) is 4.90 Å². The first kappa shape index (κ1) is 21.4. The molecule has 2 N–H and O–H groups in total. The minimum absolute atomic E-state index is 0.177. The van der Waals surface area contributed by atoms with E-state index in [-0.39, 0.29) is 22.9 Å². The van der Waals surface area contributed by atoms with Gasteiger partial charge >= 0.3 is 0 Å². The molecule has 5 nitrogen and oxygen atoms in total. The van der Waals surface area contributed by atoms with E-state index in [4.69, 9.17) is 4.74 Å². The fourth-order valence-corrected chi connectivity index (χ4v) is 3.46. The van der Waals surface area contributed by atoms with Gasteiger partial charge < -0.3 is 15.4 Å². The highest BCUT2D eigenvalue weighted by molar-refractivity contribution is 8.00. The second-order valence-electron chi connectivity index (χ2n) is 6.46.